The molecule has 0 aliphatic heterocycles. The Morgan fingerprint density at radius 3 is 2.57 bits per heavy atom. The van der Waals surface area contributed by atoms with Gasteiger partial charge in [-0.1, -0.05) is 30.3 Å². The van der Waals surface area contributed by atoms with Crippen LogP contribution in [0.4, 0.5) is 5.95 Å². The predicted molar refractivity (Wildman–Crippen MR) is 51.3 cm³/mol. The largest absolute Gasteiger partial charge is 0.380 e. The minimum Gasteiger partial charge on any atom is -0.380 e. The quantitative estimate of drug-likeness (QED) is 0.642. The zero-order valence-corrected chi connectivity index (χ0v) is 7.38. The number of H-pyrrole nitrogens is 1. The Kier molecular flexibility index (Phi) is 2.16. The van der Waals surface area contributed by atoms with Gasteiger partial charge < -0.3 is 10.8 Å². The van der Waals surface area contributed by atoms with Crippen molar-refractivity contribution in [2.24, 2.45) is 0 Å². The summed E-state index contributed by atoms with van der Waals surface area (Å²) in [5.41, 5.74) is 6.08. The van der Waals surface area contributed by atoms with E-state index in [1.807, 2.05) is 30.3 Å². The molecule has 0 spiro atoms. The maximum absolute atomic E-state index is 9.82. The lowest BCUT2D eigenvalue weighted by Gasteiger charge is -2.05. The second kappa shape index (κ2) is 3.47. The van der Waals surface area contributed by atoms with Gasteiger partial charge in [0.15, 0.2) is 5.82 Å². The summed E-state index contributed by atoms with van der Waals surface area (Å²) in [6.07, 6.45) is -0.805. The molecule has 1 aromatic heterocycles. The van der Waals surface area contributed by atoms with E-state index in [1.54, 1.807) is 0 Å². The summed E-state index contributed by atoms with van der Waals surface area (Å²) in [6.45, 7) is 0. The van der Waals surface area contributed by atoms with Crippen molar-refractivity contribution in [1.29, 1.82) is 0 Å². The van der Waals surface area contributed by atoms with Crippen LogP contribution in [-0.2, 0) is 0 Å². The number of benzene rings is 1. The maximum atomic E-state index is 9.82. The molecular formula is C9H10N4O. The van der Waals surface area contributed by atoms with Gasteiger partial charge in [0, 0.05) is 0 Å². The van der Waals surface area contributed by atoms with E-state index >= 15 is 0 Å². The van der Waals surface area contributed by atoms with Gasteiger partial charge in [-0.25, -0.2) is 0 Å². The van der Waals surface area contributed by atoms with Gasteiger partial charge >= 0.3 is 0 Å². The number of hydrogen-bond donors (Lipinski definition) is 3. The summed E-state index contributed by atoms with van der Waals surface area (Å²) in [5.74, 6) is 0.490. The molecule has 2 rings (SSSR count). The molecule has 72 valence electrons. The number of nitrogens with zero attached hydrogens (tertiary/aromatic N) is 2. The second-order valence-corrected chi connectivity index (χ2v) is 2.89. The molecule has 0 amide bonds. The first-order valence-electron chi connectivity index (χ1n) is 4.18. The van der Waals surface area contributed by atoms with Gasteiger partial charge in [0.2, 0.25) is 5.95 Å². The Bertz CT molecular complexity index is 412. The molecule has 1 atom stereocenters. The van der Waals surface area contributed by atoms with Crippen molar-refractivity contribution in [3.8, 4) is 0 Å². The summed E-state index contributed by atoms with van der Waals surface area (Å²) in [6, 6.07) is 9.19. The zero-order chi connectivity index (χ0) is 9.97. The van der Waals surface area contributed by atoms with Crippen LogP contribution in [0.5, 0.6) is 0 Å². The second-order valence-electron chi connectivity index (χ2n) is 2.89. The molecule has 1 aromatic carbocycles. The molecule has 0 bridgehead atoms. The standard InChI is InChI=1S/C9H10N4O/c10-9-11-8(12-13-9)7(14)6-4-2-1-3-5-6/h1-5,7,14H,(H3,10,11,12,13)/t7-/m0/s1. The number of nitrogens with one attached hydrogen (secondary N) is 1. The van der Waals surface area contributed by atoms with E-state index in [0.29, 0.717) is 5.82 Å². The van der Waals surface area contributed by atoms with E-state index in [0.717, 1.165) is 5.56 Å². The highest BCUT2D eigenvalue weighted by molar-refractivity contribution is 5.24. The van der Waals surface area contributed by atoms with Gasteiger partial charge in [0.25, 0.3) is 0 Å². The molecule has 14 heavy (non-hydrogen) atoms. The third-order valence-electron chi connectivity index (χ3n) is 1.89. The van der Waals surface area contributed by atoms with Crippen LogP contribution in [0.2, 0.25) is 0 Å². The van der Waals surface area contributed by atoms with Crippen molar-refractivity contribution in [2.45, 2.75) is 6.10 Å². The Morgan fingerprint density at radius 1 is 1.29 bits per heavy atom. The summed E-state index contributed by atoms with van der Waals surface area (Å²) in [7, 11) is 0. The average molecular weight is 190 g/mol. The number of hydrogen-bond acceptors (Lipinski definition) is 4. The number of nitrogens with two attached hydrogens (primary N) is 1. The first-order chi connectivity index (χ1) is 6.77. The number of rotatable bonds is 2. The van der Waals surface area contributed by atoms with E-state index in [2.05, 4.69) is 15.2 Å². The monoisotopic (exact) mass is 190 g/mol. The van der Waals surface area contributed by atoms with Crippen molar-refractivity contribution < 1.29 is 5.11 Å². The fraction of sp³-hybridized carbons (Fsp3) is 0.111. The first-order valence-corrected chi connectivity index (χ1v) is 4.18. The van der Waals surface area contributed by atoms with E-state index < -0.39 is 6.10 Å². The third kappa shape index (κ3) is 1.57. The van der Waals surface area contributed by atoms with Crippen LogP contribution in [0.25, 0.3) is 0 Å². The molecule has 0 saturated heterocycles. The number of aromatic nitrogens is 3. The van der Waals surface area contributed by atoms with Crippen molar-refractivity contribution in [1.82, 2.24) is 15.2 Å². The van der Waals surface area contributed by atoms with E-state index in [4.69, 9.17) is 5.73 Å². The van der Waals surface area contributed by atoms with Gasteiger partial charge in [-0.05, 0) is 5.56 Å². The molecule has 5 nitrogen and oxygen atoms in total. The smallest absolute Gasteiger partial charge is 0.239 e. The van der Waals surface area contributed by atoms with Crippen LogP contribution < -0.4 is 5.73 Å². The number of anilines is 1. The Balaban J connectivity index is 2.29. The van der Waals surface area contributed by atoms with E-state index in [-0.39, 0.29) is 5.95 Å². The topological polar surface area (TPSA) is 87.8 Å². The van der Waals surface area contributed by atoms with E-state index in [9.17, 15) is 5.11 Å². The third-order valence-corrected chi connectivity index (χ3v) is 1.89. The molecule has 5 heteroatoms. The highest BCUT2D eigenvalue weighted by atomic mass is 16.3. The maximum Gasteiger partial charge on any atom is 0.239 e. The summed E-state index contributed by atoms with van der Waals surface area (Å²) < 4.78 is 0. The van der Waals surface area contributed by atoms with Crippen LogP contribution in [0, 0.1) is 0 Å². The molecule has 0 aliphatic rings. The Hall–Kier alpha value is -1.88. The molecule has 0 radical (unpaired) electrons. The lowest BCUT2D eigenvalue weighted by atomic mass is 10.1. The van der Waals surface area contributed by atoms with Gasteiger partial charge in [0.05, 0.1) is 0 Å². The molecular weight excluding hydrogens is 180 g/mol. The van der Waals surface area contributed by atoms with Crippen LogP contribution in [-0.4, -0.2) is 20.3 Å². The summed E-state index contributed by atoms with van der Waals surface area (Å²) in [5, 5.41) is 16.0. The number of aliphatic hydroxyl groups is 1. The molecule has 0 fully saturated rings. The molecule has 4 N–H and O–H groups in total. The highest BCUT2D eigenvalue weighted by Crippen LogP contribution is 2.17. The highest BCUT2D eigenvalue weighted by Gasteiger charge is 2.13. The predicted octanol–water partition coefficient (Wildman–Crippen LogP) is 0.469. The lowest BCUT2D eigenvalue weighted by molar-refractivity contribution is 0.210. The normalized spacial score (nSPS) is 12.6. The van der Waals surface area contributed by atoms with Gasteiger partial charge in [-0.2, -0.15) is 4.98 Å². The number of aromatic amines is 1. The minimum absolute atomic E-state index is 0.134. The van der Waals surface area contributed by atoms with Gasteiger partial charge in [-0.3, -0.25) is 5.10 Å². The SMILES string of the molecule is Nc1n[nH]c([C@@H](O)c2ccccc2)n1. The van der Waals surface area contributed by atoms with Crippen LogP contribution in [0.1, 0.15) is 17.5 Å². The van der Waals surface area contributed by atoms with Gasteiger partial charge in [0.1, 0.15) is 6.10 Å². The van der Waals surface area contributed by atoms with Crippen molar-refractivity contribution >= 4 is 5.95 Å². The van der Waals surface area contributed by atoms with Crippen molar-refractivity contribution in [2.75, 3.05) is 5.73 Å². The lowest BCUT2D eigenvalue weighted by Crippen LogP contribution is -2.01. The molecule has 0 unspecified atom stereocenters. The first kappa shape index (κ1) is 8.71. The zero-order valence-electron chi connectivity index (χ0n) is 7.38. The fourth-order valence-corrected chi connectivity index (χ4v) is 1.20. The number of nitrogen functional groups attached to an aromatic ring is 1. The Labute approximate surface area is 80.6 Å². The molecule has 0 saturated carbocycles. The minimum atomic E-state index is -0.805. The van der Waals surface area contributed by atoms with Crippen LogP contribution >= 0.6 is 0 Å². The fourth-order valence-electron chi connectivity index (χ4n) is 1.20. The number of aliphatic hydroxyl groups excluding tert-OH is 1. The van der Waals surface area contributed by atoms with Crippen LogP contribution in [0.15, 0.2) is 30.3 Å². The molecule has 1 heterocycles. The van der Waals surface area contributed by atoms with E-state index in [1.165, 1.54) is 0 Å². The Morgan fingerprint density at radius 2 is 2.00 bits per heavy atom. The van der Waals surface area contributed by atoms with Crippen molar-refractivity contribution in [3.63, 3.8) is 0 Å². The van der Waals surface area contributed by atoms with Gasteiger partial charge in [-0.15, -0.1) is 5.10 Å². The summed E-state index contributed by atoms with van der Waals surface area (Å²) in [4.78, 5) is 3.85. The molecule has 0 aliphatic carbocycles. The van der Waals surface area contributed by atoms with Crippen LogP contribution in [0.3, 0.4) is 0 Å². The van der Waals surface area contributed by atoms with Crippen molar-refractivity contribution in [3.05, 3.63) is 41.7 Å². The molecule has 2 aromatic rings. The average Bonchev–Trinajstić information content (AvgIpc) is 2.65. The summed E-state index contributed by atoms with van der Waals surface area (Å²) >= 11 is 0.